The summed E-state index contributed by atoms with van der Waals surface area (Å²) in [6.07, 6.45) is 0.675. The molecular weight excluding hydrogens is 360 g/mol. The number of aromatic carboxylic acids is 1. The average molecular weight is 381 g/mol. The minimum absolute atomic E-state index is 0.0657. The van der Waals surface area contributed by atoms with E-state index in [0.717, 1.165) is 42.6 Å². The lowest BCUT2D eigenvalue weighted by Crippen LogP contribution is -2.17. The quantitative estimate of drug-likeness (QED) is 0.710. The monoisotopic (exact) mass is 381 g/mol. The average Bonchev–Trinajstić information content (AvgIpc) is 3.09. The topological polar surface area (TPSA) is 59.4 Å². The predicted molar refractivity (Wildman–Crippen MR) is 94.8 cm³/mol. The van der Waals surface area contributed by atoms with Gasteiger partial charge in [-0.15, -0.1) is 11.3 Å². The van der Waals surface area contributed by atoms with Gasteiger partial charge in [0, 0.05) is 12.5 Å². The molecule has 140 valence electrons. The van der Waals surface area contributed by atoms with Crippen molar-refractivity contribution in [3.63, 3.8) is 0 Å². The van der Waals surface area contributed by atoms with Crippen LogP contribution >= 0.6 is 11.3 Å². The molecule has 1 aromatic heterocycles. The van der Waals surface area contributed by atoms with E-state index in [1.807, 2.05) is 30.3 Å². The number of nitrogens with zero attached hydrogens (tertiary/aromatic N) is 1. The van der Waals surface area contributed by atoms with E-state index in [4.69, 9.17) is 9.84 Å². The Balaban J connectivity index is 1.50. The summed E-state index contributed by atoms with van der Waals surface area (Å²) in [5, 5.41) is 9.61. The van der Waals surface area contributed by atoms with E-state index in [-0.39, 0.29) is 10.8 Å². The highest BCUT2D eigenvalue weighted by atomic mass is 32.1. The van der Waals surface area contributed by atoms with Gasteiger partial charge in [-0.25, -0.2) is 18.6 Å². The number of alkyl halides is 2. The molecule has 0 bridgehead atoms. The van der Waals surface area contributed by atoms with Crippen LogP contribution < -0.4 is 0 Å². The molecule has 0 atom stereocenters. The van der Waals surface area contributed by atoms with Gasteiger partial charge in [-0.2, -0.15) is 0 Å². The number of carboxylic acid groups (broad SMARTS) is 1. The third-order valence-corrected chi connectivity index (χ3v) is 5.95. The fraction of sp³-hybridized carbons (Fsp3) is 0.474. The summed E-state index contributed by atoms with van der Waals surface area (Å²) in [4.78, 5) is 14.7. The second-order valence-corrected chi connectivity index (χ2v) is 7.62. The lowest BCUT2D eigenvalue weighted by atomic mass is 9.83. The molecule has 4 nitrogen and oxygen atoms in total. The van der Waals surface area contributed by atoms with Gasteiger partial charge in [0.15, 0.2) is 0 Å². The molecule has 3 rings (SSSR count). The van der Waals surface area contributed by atoms with E-state index >= 15 is 0 Å². The maximum Gasteiger partial charge on any atom is 0.348 e. The van der Waals surface area contributed by atoms with Gasteiger partial charge in [-0.05, 0) is 37.2 Å². The van der Waals surface area contributed by atoms with Crippen molar-refractivity contribution in [3.05, 3.63) is 51.5 Å². The molecule has 0 saturated heterocycles. The van der Waals surface area contributed by atoms with Gasteiger partial charge >= 0.3 is 5.97 Å². The molecule has 0 radical (unpaired) electrons. The second-order valence-electron chi connectivity index (χ2n) is 6.59. The molecule has 1 heterocycles. The molecule has 0 unspecified atom stereocenters. The Labute approximate surface area is 154 Å². The first-order valence-corrected chi connectivity index (χ1v) is 9.50. The van der Waals surface area contributed by atoms with Crippen molar-refractivity contribution in [1.82, 2.24) is 4.98 Å². The molecule has 7 heteroatoms. The van der Waals surface area contributed by atoms with Gasteiger partial charge in [0.1, 0.15) is 10.6 Å². The molecule has 0 aliphatic heterocycles. The van der Waals surface area contributed by atoms with Gasteiger partial charge < -0.3 is 9.84 Å². The number of carboxylic acids is 1. The number of thiazole rings is 1. The highest BCUT2D eigenvalue weighted by molar-refractivity contribution is 7.13. The SMILES string of the molecule is O=C(O)c1sc([C@H]2CC[C@H](COCc3ccccc3)CC2)nc1C(F)F. The fourth-order valence-corrected chi connectivity index (χ4v) is 4.40. The number of benzene rings is 1. The van der Waals surface area contributed by atoms with Gasteiger partial charge in [-0.1, -0.05) is 30.3 Å². The third-order valence-electron chi connectivity index (χ3n) is 4.73. The summed E-state index contributed by atoms with van der Waals surface area (Å²) < 4.78 is 31.7. The van der Waals surface area contributed by atoms with Crippen LogP contribution in [0, 0.1) is 5.92 Å². The van der Waals surface area contributed by atoms with Crippen LogP contribution in [0.15, 0.2) is 30.3 Å². The van der Waals surface area contributed by atoms with Crippen molar-refractivity contribution >= 4 is 17.3 Å². The molecule has 26 heavy (non-hydrogen) atoms. The van der Waals surface area contributed by atoms with Crippen molar-refractivity contribution in [2.45, 2.75) is 44.6 Å². The van der Waals surface area contributed by atoms with Crippen LogP contribution in [-0.2, 0) is 11.3 Å². The Kier molecular flexibility index (Phi) is 6.32. The minimum Gasteiger partial charge on any atom is -0.477 e. The molecule has 0 spiro atoms. The van der Waals surface area contributed by atoms with Gasteiger partial charge in [-0.3, -0.25) is 0 Å². The Morgan fingerprint density at radius 3 is 2.50 bits per heavy atom. The van der Waals surface area contributed by atoms with E-state index in [1.54, 1.807) is 0 Å². The maximum atomic E-state index is 13.0. The lowest BCUT2D eigenvalue weighted by Gasteiger charge is -2.27. The standard InChI is InChI=1S/C19H21F2NO3S/c20-17(21)15-16(19(23)24)26-18(22-15)14-8-6-13(7-9-14)11-25-10-12-4-2-1-3-5-12/h1-5,13-14,17H,6-11H2,(H,23,24)/t13-,14-. The van der Waals surface area contributed by atoms with Gasteiger partial charge in [0.05, 0.1) is 11.6 Å². The first-order valence-electron chi connectivity index (χ1n) is 8.68. The predicted octanol–water partition coefficient (Wildman–Crippen LogP) is 5.27. The molecule has 1 saturated carbocycles. The van der Waals surface area contributed by atoms with E-state index in [2.05, 4.69) is 4.98 Å². The third kappa shape index (κ3) is 4.65. The van der Waals surface area contributed by atoms with Crippen LogP contribution in [0.25, 0.3) is 0 Å². The summed E-state index contributed by atoms with van der Waals surface area (Å²) in [5.74, 6) is -0.813. The van der Waals surface area contributed by atoms with Crippen molar-refractivity contribution in [3.8, 4) is 0 Å². The maximum absolute atomic E-state index is 13.0. The number of halogens is 2. The molecule has 0 amide bonds. The van der Waals surface area contributed by atoms with Crippen LogP contribution in [0.4, 0.5) is 8.78 Å². The smallest absolute Gasteiger partial charge is 0.348 e. The number of ether oxygens (including phenoxy) is 1. The van der Waals surface area contributed by atoms with E-state index < -0.39 is 18.1 Å². The number of aromatic nitrogens is 1. The molecule has 1 aliphatic rings. The molecule has 1 fully saturated rings. The van der Waals surface area contributed by atoms with Crippen molar-refractivity contribution in [2.24, 2.45) is 5.92 Å². The minimum atomic E-state index is -2.85. The lowest BCUT2D eigenvalue weighted by molar-refractivity contribution is 0.0689. The molecule has 2 aromatic rings. The highest BCUT2D eigenvalue weighted by Gasteiger charge is 2.29. The van der Waals surface area contributed by atoms with Crippen LogP contribution in [0.3, 0.4) is 0 Å². The van der Waals surface area contributed by atoms with Crippen LogP contribution in [-0.4, -0.2) is 22.7 Å². The molecule has 1 N–H and O–H groups in total. The van der Waals surface area contributed by atoms with Crippen LogP contribution in [0.1, 0.15) is 64.0 Å². The number of hydrogen-bond donors (Lipinski definition) is 1. The number of hydrogen-bond acceptors (Lipinski definition) is 4. The summed E-state index contributed by atoms with van der Waals surface area (Å²) in [6.45, 7) is 1.27. The van der Waals surface area contributed by atoms with Gasteiger partial charge in [0.2, 0.25) is 0 Å². The van der Waals surface area contributed by atoms with Crippen molar-refractivity contribution in [2.75, 3.05) is 6.61 Å². The Morgan fingerprint density at radius 2 is 1.92 bits per heavy atom. The molecule has 1 aliphatic carbocycles. The zero-order valence-corrected chi connectivity index (χ0v) is 15.1. The van der Waals surface area contributed by atoms with Crippen molar-refractivity contribution in [1.29, 1.82) is 0 Å². The Bertz CT molecular complexity index is 728. The number of rotatable bonds is 7. The van der Waals surface area contributed by atoms with Crippen LogP contribution in [0.5, 0.6) is 0 Å². The van der Waals surface area contributed by atoms with E-state index in [9.17, 15) is 13.6 Å². The highest BCUT2D eigenvalue weighted by Crippen LogP contribution is 2.40. The Morgan fingerprint density at radius 1 is 1.23 bits per heavy atom. The van der Waals surface area contributed by atoms with Crippen molar-refractivity contribution < 1.29 is 23.4 Å². The summed E-state index contributed by atoms with van der Waals surface area (Å²) >= 11 is 0.897. The molecular formula is C19H21F2NO3S. The largest absolute Gasteiger partial charge is 0.477 e. The Hall–Kier alpha value is -1.86. The van der Waals surface area contributed by atoms with E-state index in [0.29, 0.717) is 24.1 Å². The molecule has 1 aromatic carbocycles. The van der Waals surface area contributed by atoms with E-state index in [1.165, 1.54) is 0 Å². The zero-order chi connectivity index (χ0) is 18.5. The fourth-order valence-electron chi connectivity index (χ4n) is 3.32. The second kappa shape index (κ2) is 8.68. The summed E-state index contributed by atoms with van der Waals surface area (Å²) in [5.41, 5.74) is 0.551. The number of carbonyl (C=O) groups is 1. The van der Waals surface area contributed by atoms with Gasteiger partial charge in [0.25, 0.3) is 6.43 Å². The first-order chi connectivity index (χ1) is 12.5. The van der Waals surface area contributed by atoms with Crippen LogP contribution in [0.2, 0.25) is 0 Å². The first kappa shape index (κ1) is 18.9. The summed E-state index contributed by atoms with van der Waals surface area (Å²) in [7, 11) is 0. The normalized spacial score (nSPS) is 20.4. The summed E-state index contributed by atoms with van der Waals surface area (Å²) in [6, 6.07) is 9.99. The zero-order valence-electron chi connectivity index (χ0n) is 14.2.